The lowest BCUT2D eigenvalue weighted by Gasteiger charge is -2.55. The molecule has 0 unspecified atom stereocenters. The van der Waals surface area contributed by atoms with Crippen molar-refractivity contribution in [1.82, 2.24) is 0 Å². The van der Waals surface area contributed by atoms with Crippen molar-refractivity contribution in [3.63, 3.8) is 0 Å². The van der Waals surface area contributed by atoms with Crippen LogP contribution in [0.25, 0.3) is 0 Å². The van der Waals surface area contributed by atoms with E-state index in [4.69, 9.17) is 0 Å². The van der Waals surface area contributed by atoms with Gasteiger partial charge in [0.15, 0.2) is 0 Å². The molecule has 0 spiro atoms. The van der Waals surface area contributed by atoms with Gasteiger partial charge in [0.1, 0.15) is 5.78 Å². The third-order valence-corrected chi connectivity index (χ3v) is 5.57. The molecule has 16 heavy (non-hydrogen) atoms. The lowest BCUT2D eigenvalue weighted by atomic mass is 9.51. The summed E-state index contributed by atoms with van der Waals surface area (Å²) in [6.45, 7) is 2.20. The molecule has 0 radical (unpaired) electrons. The maximum atomic E-state index is 12.3. The zero-order valence-corrected chi connectivity index (χ0v) is 10.1. The zero-order valence-electron chi connectivity index (χ0n) is 10.1. The van der Waals surface area contributed by atoms with Crippen LogP contribution in [0.4, 0.5) is 0 Å². The molecule has 3 aliphatic carbocycles. The van der Waals surface area contributed by atoms with Gasteiger partial charge in [0.2, 0.25) is 0 Å². The van der Waals surface area contributed by atoms with Crippen molar-refractivity contribution in [2.45, 2.75) is 57.5 Å². The first-order chi connectivity index (χ1) is 7.64. The predicted octanol–water partition coefficient (Wildman–Crippen LogP) is 2.54. The summed E-state index contributed by atoms with van der Waals surface area (Å²) >= 11 is 0. The van der Waals surface area contributed by atoms with Crippen LogP contribution in [0.15, 0.2) is 0 Å². The van der Waals surface area contributed by atoms with E-state index in [1.54, 1.807) is 0 Å². The Morgan fingerprint density at radius 3 is 2.81 bits per heavy atom. The highest BCUT2D eigenvalue weighted by Gasteiger charge is 2.58. The van der Waals surface area contributed by atoms with Crippen molar-refractivity contribution in [1.29, 1.82) is 0 Å². The summed E-state index contributed by atoms with van der Waals surface area (Å²) in [7, 11) is 0. The Morgan fingerprint density at radius 2 is 2.00 bits per heavy atom. The fourth-order valence-corrected chi connectivity index (χ4v) is 4.74. The Labute approximate surface area is 97.4 Å². The van der Waals surface area contributed by atoms with E-state index in [0.717, 1.165) is 38.5 Å². The minimum absolute atomic E-state index is 0.0206. The van der Waals surface area contributed by atoms with E-state index in [1.807, 2.05) is 0 Å². The molecule has 0 aromatic carbocycles. The number of rotatable bonds is 0. The zero-order chi connectivity index (χ0) is 11.3. The second kappa shape index (κ2) is 3.56. The van der Waals surface area contributed by atoms with Crippen molar-refractivity contribution in [2.24, 2.45) is 23.7 Å². The lowest BCUT2D eigenvalue weighted by Crippen LogP contribution is -2.61. The van der Waals surface area contributed by atoms with Gasteiger partial charge in [-0.2, -0.15) is 0 Å². The Bertz CT molecular complexity index is 312. The Kier molecular flexibility index (Phi) is 2.39. The molecular formula is C14H22O2. The second-order valence-electron chi connectivity index (χ2n) is 6.19. The Balaban J connectivity index is 2.00. The van der Waals surface area contributed by atoms with Gasteiger partial charge in [0.25, 0.3) is 0 Å². The minimum Gasteiger partial charge on any atom is -0.389 e. The maximum absolute atomic E-state index is 12.3. The van der Waals surface area contributed by atoms with Gasteiger partial charge in [-0.05, 0) is 37.5 Å². The summed E-state index contributed by atoms with van der Waals surface area (Å²) in [5.74, 6) is 1.44. The van der Waals surface area contributed by atoms with Crippen LogP contribution < -0.4 is 0 Å². The molecule has 0 aromatic rings. The molecule has 2 nitrogen and oxygen atoms in total. The van der Waals surface area contributed by atoms with Crippen LogP contribution in [0.5, 0.6) is 0 Å². The molecule has 5 atom stereocenters. The van der Waals surface area contributed by atoms with Gasteiger partial charge in [-0.1, -0.05) is 26.2 Å². The molecule has 2 bridgehead atoms. The van der Waals surface area contributed by atoms with Crippen LogP contribution in [0.1, 0.15) is 51.9 Å². The molecule has 3 fully saturated rings. The lowest BCUT2D eigenvalue weighted by molar-refractivity contribution is -0.179. The van der Waals surface area contributed by atoms with Crippen LogP contribution in [-0.4, -0.2) is 16.5 Å². The number of hydrogen-bond acceptors (Lipinski definition) is 2. The maximum Gasteiger partial charge on any atom is 0.142 e. The standard InChI is InChI=1S/C14H22O2/c1-9-10-5-4-7-12(13(10)15)14(16)8-3-2-6-11(9)14/h9-12,16H,2-8H2,1H3/t9-,10-,11-,12-,14-/m0/s1. The summed E-state index contributed by atoms with van der Waals surface area (Å²) in [5.41, 5.74) is -0.633. The van der Waals surface area contributed by atoms with Crippen molar-refractivity contribution < 1.29 is 9.90 Å². The fraction of sp³-hybridized carbons (Fsp3) is 0.929. The second-order valence-corrected chi connectivity index (χ2v) is 6.19. The van der Waals surface area contributed by atoms with E-state index >= 15 is 0 Å². The number of hydrogen-bond donors (Lipinski definition) is 1. The van der Waals surface area contributed by atoms with E-state index in [2.05, 4.69) is 6.92 Å². The van der Waals surface area contributed by atoms with Crippen LogP contribution >= 0.6 is 0 Å². The molecule has 90 valence electrons. The summed E-state index contributed by atoms with van der Waals surface area (Å²) in [4.78, 5) is 12.3. The Hall–Kier alpha value is -0.370. The molecule has 2 heteroatoms. The molecule has 0 aliphatic heterocycles. The van der Waals surface area contributed by atoms with Crippen molar-refractivity contribution in [2.75, 3.05) is 0 Å². The van der Waals surface area contributed by atoms with E-state index in [0.29, 0.717) is 17.6 Å². The van der Waals surface area contributed by atoms with Crippen molar-refractivity contribution in [3.8, 4) is 0 Å². The molecule has 1 N–H and O–H groups in total. The van der Waals surface area contributed by atoms with Gasteiger partial charge in [0, 0.05) is 11.8 Å². The summed E-state index contributed by atoms with van der Waals surface area (Å²) in [5, 5.41) is 10.9. The topological polar surface area (TPSA) is 37.3 Å². The molecule has 0 saturated heterocycles. The van der Waals surface area contributed by atoms with Crippen molar-refractivity contribution in [3.05, 3.63) is 0 Å². The largest absolute Gasteiger partial charge is 0.389 e. The molecule has 3 saturated carbocycles. The first-order valence-corrected chi connectivity index (χ1v) is 6.90. The fourth-order valence-electron chi connectivity index (χ4n) is 4.74. The molecular weight excluding hydrogens is 200 g/mol. The van der Waals surface area contributed by atoms with Crippen LogP contribution in [0.3, 0.4) is 0 Å². The van der Waals surface area contributed by atoms with Crippen LogP contribution in [0.2, 0.25) is 0 Å². The van der Waals surface area contributed by atoms with Crippen LogP contribution in [0, 0.1) is 23.7 Å². The van der Waals surface area contributed by atoms with Gasteiger partial charge < -0.3 is 5.11 Å². The van der Waals surface area contributed by atoms with E-state index in [1.165, 1.54) is 6.42 Å². The molecule has 0 aromatic heterocycles. The number of fused-ring (bicyclic) bond motifs is 4. The van der Waals surface area contributed by atoms with Gasteiger partial charge in [-0.3, -0.25) is 4.79 Å². The quantitative estimate of drug-likeness (QED) is 0.684. The van der Waals surface area contributed by atoms with Gasteiger partial charge in [-0.15, -0.1) is 0 Å². The van der Waals surface area contributed by atoms with E-state index in [-0.39, 0.29) is 11.8 Å². The first-order valence-electron chi connectivity index (χ1n) is 6.90. The smallest absolute Gasteiger partial charge is 0.142 e. The minimum atomic E-state index is -0.633. The average Bonchev–Trinajstić information content (AvgIpc) is 2.27. The predicted molar refractivity (Wildman–Crippen MR) is 61.9 cm³/mol. The highest BCUT2D eigenvalue weighted by molar-refractivity contribution is 5.86. The average molecular weight is 222 g/mol. The highest BCUT2D eigenvalue weighted by atomic mass is 16.3. The third-order valence-electron chi connectivity index (χ3n) is 5.57. The molecule has 3 rings (SSSR count). The number of carbonyl (C=O) groups excluding carboxylic acids is 1. The molecule has 3 aliphatic rings. The molecule has 0 amide bonds. The number of carbonyl (C=O) groups is 1. The van der Waals surface area contributed by atoms with Crippen molar-refractivity contribution >= 4 is 5.78 Å². The highest BCUT2D eigenvalue weighted by Crippen LogP contribution is 2.54. The SMILES string of the molecule is C[C@H]1[C@@H]2CCC[C@@H](C2=O)[C@]2(O)CCCC[C@@H]12. The Morgan fingerprint density at radius 1 is 1.19 bits per heavy atom. The first kappa shape index (κ1) is 10.8. The monoisotopic (exact) mass is 222 g/mol. The summed E-state index contributed by atoms with van der Waals surface area (Å²) < 4.78 is 0. The van der Waals surface area contributed by atoms with Gasteiger partial charge >= 0.3 is 0 Å². The van der Waals surface area contributed by atoms with Gasteiger partial charge in [-0.25, -0.2) is 0 Å². The van der Waals surface area contributed by atoms with E-state index in [9.17, 15) is 9.90 Å². The third kappa shape index (κ3) is 1.25. The normalized spacial score (nSPS) is 52.2. The summed E-state index contributed by atoms with van der Waals surface area (Å²) in [6.07, 6.45) is 7.50. The number of aliphatic hydroxyl groups is 1. The number of Topliss-reactive ketones (excluding diaryl/α,β-unsaturated/α-hetero) is 1. The van der Waals surface area contributed by atoms with E-state index < -0.39 is 5.60 Å². The molecule has 0 heterocycles. The van der Waals surface area contributed by atoms with Gasteiger partial charge in [0.05, 0.1) is 5.60 Å². The number of ketones is 1. The van der Waals surface area contributed by atoms with Crippen LogP contribution in [-0.2, 0) is 4.79 Å². The summed E-state index contributed by atoms with van der Waals surface area (Å²) in [6, 6.07) is 0.